The SMILES string of the molecule is O=C(Cc1cc(Cl)cc2c1OCC2)c1ccc(Cl)s1. The van der Waals surface area contributed by atoms with E-state index in [9.17, 15) is 4.79 Å². The van der Waals surface area contributed by atoms with Gasteiger partial charge >= 0.3 is 0 Å². The summed E-state index contributed by atoms with van der Waals surface area (Å²) in [4.78, 5) is 12.9. The molecule has 2 nitrogen and oxygen atoms in total. The Balaban J connectivity index is 1.90. The van der Waals surface area contributed by atoms with Crippen molar-refractivity contribution < 1.29 is 9.53 Å². The number of carbonyl (C=O) groups excluding carboxylic acids is 1. The molecule has 0 spiro atoms. The summed E-state index contributed by atoms with van der Waals surface area (Å²) in [6.45, 7) is 0.654. The maximum atomic E-state index is 12.2. The van der Waals surface area contributed by atoms with Crippen molar-refractivity contribution in [2.24, 2.45) is 0 Å². The second-order valence-electron chi connectivity index (χ2n) is 4.36. The number of rotatable bonds is 3. The lowest BCUT2D eigenvalue weighted by Crippen LogP contribution is -2.03. The molecule has 0 amide bonds. The zero-order valence-electron chi connectivity index (χ0n) is 9.91. The molecular weight excluding hydrogens is 303 g/mol. The van der Waals surface area contributed by atoms with Crippen molar-refractivity contribution in [2.45, 2.75) is 12.8 Å². The van der Waals surface area contributed by atoms with Crippen LogP contribution in [0.15, 0.2) is 24.3 Å². The Labute approximate surface area is 124 Å². The predicted octanol–water partition coefficient (Wildman–Crippen LogP) is 4.42. The van der Waals surface area contributed by atoms with E-state index in [1.165, 1.54) is 11.3 Å². The van der Waals surface area contributed by atoms with Crippen LogP contribution in [-0.4, -0.2) is 12.4 Å². The van der Waals surface area contributed by atoms with Crippen LogP contribution in [0.25, 0.3) is 0 Å². The molecule has 1 aromatic carbocycles. The van der Waals surface area contributed by atoms with Gasteiger partial charge in [-0.1, -0.05) is 23.2 Å². The first kappa shape index (κ1) is 13.0. The van der Waals surface area contributed by atoms with Crippen molar-refractivity contribution in [1.29, 1.82) is 0 Å². The Morgan fingerprint density at radius 1 is 1.32 bits per heavy atom. The number of ketones is 1. The smallest absolute Gasteiger partial charge is 0.177 e. The molecule has 0 unspecified atom stereocenters. The van der Waals surface area contributed by atoms with E-state index in [0.717, 1.165) is 23.3 Å². The number of thiophene rings is 1. The minimum atomic E-state index is 0.0388. The third-order valence-corrected chi connectivity index (χ3v) is 4.51. The van der Waals surface area contributed by atoms with Crippen molar-refractivity contribution in [2.75, 3.05) is 6.61 Å². The molecule has 2 heterocycles. The van der Waals surface area contributed by atoms with Gasteiger partial charge in [-0.25, -0.2) is 0 Å². The highest BCUT2D eigenvalue weighted by Gasteiger charge is 2.20. The Hall–Kier alpha value is -1.03. The van der Waals surface area contributed by atoms with Crippen LogP contribution in [0.2, 0.25) is 9.36 Å². The van der Waals surface area contributed by atoms with E-state index in [1.807, 2.05) is 6.07 Å². The maximum Gasteiger partial charge on any atom is 0.177 e. The molecule has 98 valence electrons. The first-order chi connectivity index (χ1) is 9.13. The van der Waals surface area contributed by atoms with E-state index in [1.54, 1.807) is 18.2 Å². The second-order valence-corrected chi connectivity index (χ2v) is 6.51. The number of hydrogen-bond donors (Lipinski definition) is 0. The molecule has 3 rings (SSSR count). The van der Waals surface area contributed by atoms with Gasteiger partial charge in [-0.15, -0.1) is 11.3 Å². The summed E-state index contributed by atoms with van der Waals surface area (Å²) in [5.74, 6) is 0.859. The lowest BCUT2D eigenvalue weighted by molar-refractivity contribution is 0.0996. The van der Waals surface area contributed by atoms with Gasteiger partial charge in [0.1, 0.15) is 5.75 Å². The highest BCUT2D eigenvalue weighted by atomic mass is 35.5. The minimum Gasteiger partial charge on any atom is -0.493 e. The van der Waals surface area contributed by atoms with Crippen molar-refractivity contribution in [3.63, 3.8) is 0 Å². The van der Waals surface area contributed by atoms with Crippen LogP contribution in [0.1, 0.15) is 20.8 Å². The summed E-state index contributed by atoms with van der Waals surface area (Å²) in [5, 5.41) is 0.649. The van der Waals surface area contributed by atoms with Gasteiger partial charge in [-0.3, -0.25) is 4.79 Å². The van der Waals surface area contributed by atoms with E-state index in [2.05, 4.69) is 0 Å². The molecule has 0 saturated heterocycles. The molecular formula is C14H10Cl2O2S. The van der Waals surface area contributed by atoms with E-state index in [-0.39, 0.29) is 5.78 Å². The van der Waals surface area contributed by atoms with E-state index >= 15 is 0 Å². The van der Waals surface area contributed by atoms with Crippen LogP contribution in [0, 0.1) is 0 Å². The third kappa shape index (κ3) is 2.64. The van der Waals surface area contributed by atoms with E-state index in [0.29, 0.717) is 27.3 Å². The first-order valence-electron chi connectivity index (χ1n) is 5.86. The van der Waals surface area contributed by atoms with Crippen LogP contribution >= 0.6 is 34.5 Å². The van der Waals surface area contributed by atoms with Crippen LogP contribution in [-0.2, 0) is 12.8 Å². The van der Waals surface area contributed by atoms with Gasteiger partial charge in [0.05, 0.1) is 15.8 Å². The quantitative estimate of drug-likeness (QED) is 0.784. The lowest BCUT2D eigenvalue weighted by Gasteiger charge is -2.07. The van der Waals surface area contributed by atoms with Gasteiger partial charge in [0, 0.05) is 23.4 Å². The molecule has 2 aromatic rings. The molecule has 0 N–H and O–H groups in total. The number of halogens is 2. The summed E-state index contributed by atoms with van der Waals surface area (Å²) >= 11 is 13.2. The van der Waals surface area contributed by atoms with Gasteiger partial charge < -0.3 is 4.74 Å². The Bertz CT molecular complexity index is 649. The lowest BCUT2D eigenvalue weighted by atomic mass is 10.0. The number of fused-ring (bicyclic) bond motifs is 1. The second kappa shape index (κ2) is 5.16. The van der Waals surface area contributed by atoms with Crippen LogP contribution in [0.3, 0.4) is 0 Å². The standard InChI is InChI=1S/C14H10Cl2O2S/c15-10-5-8-3-4-18-14(8)9(6-10)7-11(17)12-1-2-13(16)19-12/h1-2,5-6H,3-4,7H2. The summed E-state index contributed by atoms with van der Waals surface area (Å²) in [7, 11) is 0. The molecule has 19 heavy (non-hydrogen) atoms. The summed E-state index contributed by atoms with van der Waals surface area (Å²) in [6.07, 6.45) is 1.14. The molecule has 0 bridgehead atoms. The van der Waals surface area contributed by atoms with Crippen molar-refractivity contribution in [1.82, 2.24) is 0 Å². The largest absolute Gasteiger partial charge is 0.493 e. The maximum absolute atomic E-state index is 12.2. The zero-order chi connectivity index (χ0) is 13.4. The molecule has 1 aliphatic rings. The molecule has 0 radical (unpaired) electrons. The number of ether oxygens (including phenoxy) is 1. The average Bonchev–Trinajstić information content (AvgIpc) is 2.97. The number of hydrogen-bond acceptors (Lipinski definition) is 3. The number of benzene rings is 1. The van der Waals surface area contributed by atoms with Crippen molar-refractivity contribution >= 4 is 40.3 Å². The molecule has 0 atom stereocenters. The fourth-order valence-corrected chi connectivity index (χ4v) is 3.45. The van der Waals surface area contributed by atoms with Crippen LogP contribution in [0.4, 0.5) is 0 Å². The highest BCUT2D eigenvalue weighted by Crippen LogP contribution is 2.34. The molecule has 1 aromatic heterocycles. The average molecular weight is 313 g/mol. The predicted molar refractivity (Wildman–Crippen MR) is 78.0 cm³/mol. The fourth-order valence-electron chi connectivity index (χ4n) is 2.20. The molecule has 0 saturated carbocycles. The van der Waals surface area contributed by atoms with Crippen LogP contribution < -0.4 is 4.74 Å². The highest BCUT2D eigenvalue weighted by molar-refractivity contribution is 7.18. The van der Waals surface area contributed by atoms with Crippen molar-refractivity contribution in [3.8, 4) is 5.75 Å². The van der Waals surface area contributed by atoms with Crippen LogP contribution in [0.5, 0.6) is 5.75 Å². The monoisotopic (exact) mass is 312 g/mol. The summed E-state index contributed by atoms with van der Waals surface area (Å²) < 4.78 is 6.21. The molecule has 1 aliphatic heterocycles. The third-order valence-electron chi connectivity index (χ3n) is 3.02. The number of carbonyl (C=O) groups is 1. The zero-order valence-corrected chi connectivity index (χ0v) is 12.2. The topological polar surface area (TPSA) is 26.3 Å². The van der Waals surface area contributed by atoms with Crippen molar-refractivity contribution in [3.05, 3.63) is 49.6 Å². The van der Waals surface area contributed by atoms with E-state index in [4.69, 9.17) is 27.9 Å². The molecule has 0 aliphatic carbocycles. The Morgan fingerprint density at radius 3 is 2.89 bits per heavy atom. The van der Waals surface area contributed by atoms with E-state index < -0.39 is 0 Å². The summed E-state index contributed by atoms with van der Waals surface area (Å²) in [6, 6.07) is 7.19. The van der Waals surface area contributed by atoms with Gasteiger partial charge in [-0.2, -0.15) is 0 Å². The molecule has 0 fully saturated rings. The van der Waals surface area contributed by atoms with Gasteiger partial charge in [0.15, 0.2) is 5.78 Å². The molecule has 5 heteroatoms. The fraction of sp³-hybridized carbons (Fsp3) is 0.214. The van der Waals surface area contributed by atoms with Gasteiger partial charge in [0.2, 0.25) is 0 Å². The minimum absolute atomic E-state index is 0.0388. The number of Topliss-reactive ketones (excluding diaryl/α,β-unsaturated/α-hetero) is 1. The van der Waals surface area contributed by atoms with Gasteiger partial charge in [-0.05, 0) is 29.8 Å². The first-order valence-corrected chi connectivity index (χ1v) is 7.43. The Kier molecular flexibility index (Phi) is 3.52. The normalized spacial score (nSPS) is 13.2. The van der Waals surface area contributed by atoms with Gasteiger partial charge in [0.25, 0.3) is 0 Å². The summed E-state index contributed by atoms with van der Waals surface area (Å²) in [5.41, 5.74) is 1.94. The Morgan fingerprint density at radius 2 is 2.16 bits per heavy atom.